The third-order valence-electron chi connectivity index (χ3n) is 6.04. The van der Waals surface area contributed by atoms with Crippen LogP contribution in [0.2, 0.25) is 0 Å². The van der Waals surface area contributed by atoms with Crippen molar-refractivity contribution in [1.82, 2.24) is 9.80 Å². The van der Waals surface area contributed by atoms with Gasteiger partial charge in [-0.1, -0.05) is 6.07 Å². The Labute approximate surface area is 201 Å². The SMILES string of the molecule is CCOC(=O)c1cccc(NC(=O)N2CC(N3CCN(c4ccc(OC(F)(F)F)cc4)CC3)C2)c1. The van der Waals surface area contributed by atoms with Crippen molar-refractivity contribution in [3.8, 4) is 5.75 Å². The van der Waals surface area contributed by atoms with Crippen LogP contribution in [0.5, 0.6) is 5.75 Å². The molecule has 2 aliphatic rings. The number of halogens is 3. The number of urea groups is 1. The van der Waals surface area contributed by atoms with Crippen LogP contribution in [-0.2, 0) is 4.74 Å². The van der Waals surface area contributed by atoms with E-state index in [0.717, 1.165) is 31.9 Å². The summed E-state index contributed by atoms with van der Waals surface area (Å²) in [5.41, 5.74) is 1.76. The summed E-state index contributed by atoms with van der Waals surface area (Å²) in [6.45, 7) is 6.29. The molecule has 2 aliphatic heterocycles. The second-order valence-electron chi connectivity index (χ2n) is 8.35. The largest absolute Gasteiger partial charge is 0.573 e. The number of carbonyl (C=O) groups is 2. The first-order valence-corrected chi connectivity index (χ1v) is 11.4. The molecule has 0 spiro atoms. The Morgan fingerprint density at radius 1 is 1.03 bits per heavy atom. The molecule has 0 saturated carbocycles. The number of esters is 1. The lowest BCUT2D eigenvalue weighted by atomic mass is 10.1. The number of alkyl halides is 3. The summed E-state index contributed by atoms with van der Waals surface area (Å²) < 4.78 is 45.9. The predicted molar refractivity (Wildman–Crippen MR) is 124 cm³/mol. The molecule has 2 saturated heterocycles. The first-order valence-electron chi connectivity index (χ1n) is 11.4. The summed E-state index contributed by atoms with van der Waals surface area (Å²) in [7, 11) is 0. The Balaban J connectivity index is 1.21. The molecule has 0 radical (unpaired) electrons. The smallest absolute Gasteiger partial charge is 0.462 e. The summed E-state index contributed by atoms with van der Waals surface area (Å²) in [5.74, 6) is -0.669. The Hall–Kier alpha value is -3.47. The zero-order chi connectivity index (χ0) is 25.0. The molecule has 2 aromatic rings. The fraction of sp³-hybridized carbons (Fsp3) is 0.417. The average Bonchev–Trinajstić information content (AvgIpc) is 2.78. The molecular weight excluding hydrogens is 465 g/mol. The molecular formula is C24H27F3N4O4. The van der Waals surface area contributed by atoms with Crippen molar-refractivity contribution in [2.45, 2.75) is 19.3 Å². The van der Waals surface area contributed by atoms with E-state index in [0.29, 0.717) is 24.3 Å². The highest BCUT2D eigenvalue weighted by Gasteiger charge is 2.36. The molecule has 0 aliphatic carbocycles. The number of hydrogen-bond donors (Lipinski definition) is 1. The number of piperazine rings is 1. The van der Waals surface area contributed by atoms with Gasteiger partial charge in [0.15, 0.2) is 0 Å². The topological polar surface area (TPSA) is 74.4 Å². The molecule has 0 atom stereocenters. The number of benzene rings is 2. The van der Waals surface area contributed by atoms with E-state index in [1.165, 1.54) is 12.1 Å². The first kappa shape index (κ1) is 24.6. The normalized spacial score (nSPS) is 17.0. The molecule has 11 heteroatoms. The van der Waals surface area contributed by atoms with Crippen LogP contribution in [0.3, 0.4) is 0 Å². The number of anilines is 2. The minimum Gasteiger partial charge on any atom is -0.462 e. The van der Waals surface area contributed by atoms with Crippen molar-refractivity contribution in [3.05, 3.63) is 54.1 Å². The van der Waals surface area contributed by atoms with Crippen LogP contribution in [0.25, 0.3) is 0 Å². The Bertz CT molecular complexity index is 1030. The third-order valence-corrected chi connectivity index (χ3v) is 6.04. The number of amides is 2. The highest BCUT2D eigenvalue weighted by atomic mass is 19.4. The highest BCUT2D eigenvalue weighted by molar-refractivity contribution is 5.94. The van der Waals surface area contributed by atoms with Crippen LogP contribution >= 0.6 is 0 Å². The van der Waals surface area contributed by atoms with E-state index >= 15 is 0 Å². The van der Waals surface area contributed by atoms with Crippen LogP contribution in [-0.4, -0.2) is 80.1 Å². The van der Waals surface area contributed by atoms with Crippen molar-refractivity contribution < 1.29 is 32.2 Å². The van der Waals surface area contributed by atoms with E-state index < -0.39 is 12.3 Å². The maximum atomic E-state index is 12.6. The molecule has 8 nitrogen and oxygen atoms in total. The molecule has 2 heterocycles. The highest BCUT2D eigenvalue weighted by Crippen LogP contribution is 2.27. The fourth-order valence-electron chi connectivity index (χ4n) is 4.20. The second-order valence-corrected chi connectivity index (χ2v) is 8.35. The molecule has 0 unspecified atom stereocenters. The van der Waals surface area contributed by atoms with E-state index in [1.54, 1.807) is 48.2 Å². The number of hydrogen-bond acceptors (Lipinski definition) is 6. The van der Waals surface area contributed by atoms with Gasteiger partial charge < -0.3 is 24.6 Å². The van der Waals surface area contributed by atoms with Gasteiger partial charge in [0.2, 0.25) is 0 Å². The number of nitrogens with zero attached hydrogens (tertiary/aromatic N) is 3. The molecule has 2 fully saturated rings. The first-order chi connectivity index (χ1) is 16.7. The summed E-state index contributed by atoms with van der Waals surface area (Å²) >= 11 is 0. The second kappa shape index (κ2) is 10.4. The summed E-state index contributed by atoms with van der Waals surface area (Å²) in [6.07, 6.45) is -4.70. The van der Waals surface area contributed by atoms with Crippen molar-refractivity contribution in [2.24, 2.45) is 0 Å². The number of likely N-dealkylation sites (tertiary alicyclic amines) is 1. The van der Waals surface area contributed by atoms with Gasteiger partial charge in [0.1, 0.15) is 5.75 Å². The zero-order valence-electron chi connectivity index (χ0n) is 19.3. The van der Waals surface area contributed by atoms with Gasteiger partial charge in [-0.3, -0.25) is 4.90 Å². The van der Waals surface area contributed by atoms with Crippen LogP contribution in [0, 0.1) is 0 Å². The van der Waals surface area contributed by atoms with Crippen LogP contribution in [0.4, 0.5) is 29.3 Å². The molecule has 1 N–H and O–H groups in total. The lowest BCUT2D eigenvalue weighted by Crippen LogP contribution is -2.64. The fourth-order valence-corrected chi connectivity index (χ4v) is 4.20. The third kappa shape index (κ3) is 6.36. The quantitative estimate of drug-likeness (QED) is 0.619. The number of carbonyl (C=O) groups excluding carboxylic acids is 2. The molecule has 4 rings (SSSR count). The number of rotatable bonds is 6. The predicted octanol–water partition coefficient (Wildman–Crippen LogP) is 3.80. The van der Waals surface area contributed by atoms with E-state index in [9.17, 15) is 22.8 Å². The van der Waals surface area contributed by atoms with E-state index in [4.69, 9.17) is 4.74 Å². The molecule has 35 heavy (non-hydrogen) atoms. The van der Waals surface area contributed by atoms with Crippen LogP contribution in [0.15, 0.2) is 48.5 Å². The van der Waals surface area contributed by atoms with Gasteiger partial charge in [-0.25, -0.2) is 9.59 Å². The maximum Gasteiger partial charge on any atom is 0.573 e. The van der Waals surface area contributed by atoms with E-state index in [1.807, 2.05) is 0 Å². The average molecular weight is 492 g/mol. The van der Waals surface area contributed by atoms with Gasteiger partial charge in [0.05, 0.1) is 12.2 Å². The van der Waals surface area contributed by atoms with Crippen molar-refractivity contribution >= 4 is 23.4 Å². The van der Waals surface area contributed by atoms with Gasteiger partial charge in [-0.15, -0.1) is 13.2 Å². The minimum atomic E-state index is -4.70. The van der Waals surface area contributed by atoms with Crippen molar-refractivity contribution in [2.75, 3.05) is 56.1 Å². The monoisotopic (exact) mass is 492 g/mol. The Morgan fingerprint density at radius 2 is 1.71 bits per heavy atom. The minimum absolute atomic E-state index is 0.220. The summed E-state index contributed by atoms with van der Waals surface area (Å²) in [5, 5.41) is 2.82. The molecule has 2 amide bonds. The van der Waals surface area contributed by atoms with Crippen molar-refractivity contribution in [1.29, 1.82) is 0 Å². The summed E-state index contributed by atoms with van der Waals surface area (Å²) in [6, 6.07) is 12.6. The molecule has 2 aromatic carbocycles. The van der Waals surface area contributed by atoms with Gasteiger partial charge >= 0.3 is 18.4 Å². The summed E-state index contributed by atoms with van der Waals surface area (Å²) in [4.78, 5) is 30.6. The van der Waals surface area contributed by atoms with E-state index in [2.05, 4.69) is 19.9 Å². The Morgan fingerprint density at radius 3 is 2.34 bits per heavy atom. The van der Waals surface area contributed by atoms with Crippen LogP contribution < -0.4 is 15.0 Å². The molecule has 188 valence electrons. The van der Waals surface area contributed by atoms with Gasteiger partial charge in [-0.2, -0.15) is 0 Å². The standard InChI is InChI=1S/C24H27F3N4O4/c1-2-34-22(32)17-4-3-5-18(14-17)28-23(33)31-15-20(16-31)30-12-10-29(11-13-30)19-6-8-21(9-7-19)35-24(25,26)27/h3-9,14,20H,2,10-13,15-16H2,1H3,(H,28,33). The van der Waals surface area contributed by atoms with E-state index in [-0.39, 0.29) is 24.4 Å². The van der Waals surface area contributed by atoms with Gasteiger partial charge in [0, 0.05) is 56.7 Å². The van der Waals surface area contributed by atoms with Gasteiger partial charge in [0.25, 0.3) is 0 Å². The molecule has 0 bridgehead atoms. The van der Waals surface area contributed by atoms with Crippen molar-refractivity contribution in [3.63, 3.8) is 0 Å². The number of nitrogens with one attached hydrogen (secondary N) is 1. The number of ether oxygens (including phenoxy) is 2. The van der Waals surface area contributed by atoms with Crippen LogP contribution in [0.1, 0.15) is 17.3 Å². The lowest BCUT2D eigenvalue weighted by molar-refractivity contribution is -0.274. The Kier molecular flexibility index (Phi) is 7.34. The molecule has 0 aromatic heterocycles. The lowest BCUT2D eigenvalue weighted by Gasteiger charge is -2.48. The zero-order valence-corrected chi connectivity index (χ0v) is 19.3. The van der Waals surface area contributed by atoms with Gasteiger partial charge in [-0.05, 0) is 49.4 Å². The maximum absolute atomic E-state index is 12.6.